The number of carbonyl (C=O) groups is 1. The number of hydrogen-bond acceptors (Lipinski definition) is 6. The van der Waals surface area contributed by atoms with E-state index in [1.807, 2.05) is 20.8 Å². The van der Waals surface area contributed by atoms with E-state index in [-0.39, 0.29) is 18.6 Å². The van der Waals surface area contributed by atoms with E-state index in [9.17, 15) is 14.0 Å². The molecule has 0 fully saturated rings. The molecule has 2 heterocycles. The highest BCUT2D eigenvalue weighted by Crippen LogP contribution is 2.28. The molecule has 0 unspecified atom stereocenters. The Labute approximate surface area is 145 Å². The maximum absolute atomic E-state index is 14.0. The highest BCUT2D eigenvalue weighted by Gasteiger charge is 2.41. The summed E-state index contributed by atoms with van der Waals surface area (Å²) in [7, 11) is 0. The average molecular weight is 353 g/mol. The molecule has 1 aromatic rings. The lowest BCUT2D eigenvalue weighted by molar-refractivity contribution is -0.155. The quantitative estimate of drug-likeness (QED) is 0.734. The van der Waals surface area contributed by atoms with Crippen LogP contribution in [0.4, 0.5) is 4.39 Å². The van der Waals surface area contributed by atoms with E-state index >= 15 is 0 Å². The molecule has 0 N–H and O–H groups in total. The Morgan fingerprint density at radius 1 is 1.40 bits per heavy atom. The van der Waals surface area contributed by atoms with Crippen molar-refractivity contribution in [3.8, 4) is 0 Å². The second-order valence-corrected chi connectivity index (χ2v) is 6.87. The van der Waals surface area contributed by atoms with Gasteiger partial charge in [0.25, 0.3) is 0 Å². The topological polar surface area (TPSA) is 86.7 Å². The fraction of sp³-hybridized carbons (Fsp3) is 0.647. The highest BCUT2D eigenvalue weighted by atomic mass is 19.1. The maximum atomic E-state index is 14.0. The van der Waals surface area contributed by atoms with Crippen LogP contribution in [0.25, 0.3) is 0 Å². The summed E-state index contributed by atoms with van der Waals surface area (Å²) in [5.74, 6) is -1.14. The minimum atomic E-state index is -1.02. The second-order valence-electron chi connectivity index (χ2n) is 6.87. The second kappa shape index (κ2) is 7.33. The molecular formula is C17H24FN3O4. The van der Waals surface area contributed by atoms with E-state index in [2.05, 4.69) is 14.7 Å². The Morgan fingerprint density at radius 2 is 2.08 bits per heavy atom. The zero-order chi connectivity index (χ0) is 18.8. The smallest absolute Gasteiger partial charge is 0.441 e. The first-order chi connectivity index (χ1) is 11.6. The largest absolute Gasteiger partial charge is 0.454 e. The fourth-order valence-corrected chi connectivity index (χ4v) is 2.84. The van der Waals surface area contributed by atoms with Crippen molar-refractivity contribution < 1.29 is 18.4 Å². The van der Waals surface area contributed by atoms with Crippen molar-refractivity contribution in [2.75, 3.05) is 0 Å². The molecule has 0 bridgehead atoms. The van der Waals surface area contributed by atoms with E-state index in [4.69, 9.17) is 4.74 Å². The molecule has 0 radical (unpaired) electrons. The number of nitrogens with zero attached hydrogens (tertiary/aromatic N) is 3. The number of aromatic nitrogens is 2. The zero-order valence-electron chi connectivity index (χ0n) is 15.2. The molecule has 25 heavy (non-hydrogen) atoms. The van der Waals surface area contributed by atoms with E-state index in [0.29, 0.717) is 18.7 Å². The summed E-state index contributed by atoms with van der Waals surface area (Å²) in [6, 6.07) is 0. The molecule has 2 atom stereocenters. The van der Waals surface area contributed by atoms with Crippen molar-refractivity contribution in [2.45, 2.75) is 65.6 Å². The summed E-state index contributed by atoms with van der Waals surface area (Å²) in [6.07, 6.45) is 1.64. The number of ether oxygens (including phenoxy) is 1. The molecule has 1 aliphatic rings. The number of rotatable bonds is 6. The van der Waals surface area contributed by atoms with Gasteiger partial charge in [-0.1, -0.05) is 25.1 Å². The number of carbonyl (C=O) groups excluding carboxylic acids is 1. The summed E-state index contributed by atoms with van der Waals surface area (Å²) in [5, 5.41) is 3.48. The lowest BCUT2D eigenvalue weighted by Gasteiger charge is -2.34. The normalized spacial score (nSPS) is 24.4. The van der Waals surface area contributed by atoms with Crippen LogP contribution in [0.2, 0.25) is 0 Å². The van der Waals surface area contributed by atoms with Crippen LogP contribution in [0.3, 0.4) is 0 Å². The Bertz CT molecular complexity index is 762. The van der Waals surface area contributed by atoms with Gasteiger partial charge in [0.2, 0.25) is 0 Å². The first-order valence-corrected chi connectivity index (χ1v) is 8.29. The van der Waals surface area contributed by atoms with Crippen molar-refractivity contribution in [3.05, 3.63) is 28.3 Å². The minimum Gasteiger partial charge on any atom is -0.454 e. The van der Waals surface area contributed by atoms with Crippen molar-refractivity contribution in [1.82, 2.24) is 9.72 Å². The standard InChI is InChI=1S/C17H24FN3O4/c1-10(2)14-11(3)19-17(5,15(22)24-14)8-6-7-13(18)9-21-12(4)20-25-16(21)23/h7,10,14H,6,8-9H2,1-5H3/b13-7+/t14-,17+/m1/s1. The van der Waals surface area contributed by atoms with Gasteiger partial charge in [0, 0.05) is 0 Å². The van der Waals surface area contributed by atoms with E-state index in [0.717, 1.165) is 10.3 Å². The SMILES string of the molecule is CC1=N[C@@](C)(CC/C=C(/F)Cn2c(C)noc2=O)C(=O)O[C@@H]1C(C)C. The molecule has 1 aliphatic heterocycles. The van der Waals surface area contributed by atoms with Crippen LogP contribution in [-0.4, -0.2) is 33.0 Å². The van der Waals surface area contributed by atoms with Crippen LogP contribution in [-0.2, 0) is 16.1 Å². The number of hydrogen-bond donors (Lipinski definition) is 0. The molecule has 0 saturated carbocycles. The Morgan fingerprint density at radius 3 is 2.64 bits per heavy atom. The van der Waals surface area contributed by atoms with E-state index in [1.54, 1.807) is 13.8 Å². The Balaban J connectivity index is 2.02. The van der Waals surface area contributed by atoms with Gasteiger partial charge in [0.05, 0.1) is 12.3 Å². The van der Waals surface area contributed by atoms with Gasteiger partial charge in [-0.3, -0.25) is 14.1 Å². The van der Waals surface area contributed by atoms with Gasteiger partial charge in [0.1, 0.15) is 11.9 Å². The molecule has 0 aliphatic carbocycles. The van der Waals surface area contributed by atoms with Crippen LogP contribution >= 0.6 is 0 Å². The van der Waals surface area contributed by atoms with Crippen LogP contribution < -0.4 is 5.76 Å². The Kier molecular flexibility index (Phi) is 5.59. The van der Waals surface area contributed by atoms with E-state index < -0.39 is 23.1 Å². The van der Waals surface area contributed by atoms with Crippen LogP contribution in [0.5, 0.6) is 0 Å². The molecule has 2 rings (SSSR count). The van der Waals surface area contributed by atoms with Gasteiger partial charge in [-0.05, 0) is 39.5 Å². The Hall–Kier alpha value is -2.25. The van der Waals surface area contributed by atoms with Gasteiger partial charge >= 0.3 is 11.7 Å². The predicted molar refractivity (Wildman–Crippen MR) is 90.2 cm³/mol. The molecule has 1 aromatic heterocycles. The van der Waals surface area contributed by atoms with Gasteiger partial charge in [0.15, 0.2) is 11.4 Å². The number of allylic oxidation sites excluding steroid dienone is 2. The third-order valence-corrected chi connectivity index (χ3v) is 4.29. The molecule has 8 heteroatoms. The summed E-state index contributed by atoms with van der Waals surface area (Å²) in [6.45, 7) is 8.77. The third kappa shape index (κ3) is 4.24. The number of halogens is 1. The fourth-order valence-electron chi connectivity index (χ4n) is 2.84. The van der Waals surface area contributed by atoms with Crippen LogP contribution in [0.15, 0.2) is 26.2 Å². The summed E-state index contributed by atoms with van der Waals surface area (Å²) in [5.41, 5.74) is -0.246. The molecule has 0 amide bonds. The molecule has 0 spiro atoms. The first-order valence-electron chi connectivity index (χ1n) is 8.29. The number of aryl methyl sites for hydroxylation is 1. The zero-order valence-corrected chi connectivity index (χ0v) is 15.2. The van der Waals surface area contributed by atoms with Crippen LogP contribution in [0.1, 0.15) is 46.4 Å². The molecule has 0 saturated heterocycles. The predicted octanol–water partition coefficient (Wildman–Crippen LogP) is 2.58. The van der Waals surface area contributed by atoms with Gasteiger partial charge in [-0.15, -0.1) is 0 Å². The molecule has 7 nitrogen and oxygen atoms in total. The third-order valence-electron chi connectivity index (χ3n) is 4.29. The lowest BCUT2D eigenvalue weighted by atomic mass is 9.92. The number of cyclic esters (lactones) is 1. The summed E-state index contributed by atoms with van der Waals surface area (Å²) in [4.78, 5) is 28.2. The van der Waals surface area contributed by atoms with Crippen molar-refractivity contribution in [3.63, 3.8) is 0 Å². The lowest BCUT2D eigenvalue weighted by Crippen LogP contribution is -2.47. The summed E-state index contributed by atoms with van der Waals surface area (Å²) >= 11 is 0. The average Bonchev–Trinajstić information content (AvgIpc) is 2.82. The van der Waals surface area contributed by atoms with Crippen molar-refractivity contribution >= 4 is 11.7 Å². The summed E-state index contributed by atoms with van der Waals surface area (Å²) < 4.78 is 25.1. The van der Waals surface area contributed by atoms with Crippen molar-refractivity contribution in [1.29, 1.82) is 0 Å². The maximum Gasteiger partial charge on any atom is 0.441 e. The number of aliphatic imine (C=N–C) groups is 1. The molecular weight excluding hydrogens is 329 g/mol. The van der Waals surface area contributed by atoms with Gasteiger partial charge in [-0.2, -0.15) is 0 Å². The van der Waals surface area contributed by atoms with E-state index in [1.165, 1.54) is 6.08 Å². The van der Waals surface area contributed by atoms with Gasteiger partial charge < -0.3 is 4.74 Å². The number of esters is 1. The van der Waals surface area contributed by atoms with Gasteiger partial charge in [-0.25, -0.2) is 14.0 Å². The highest BCUT2D eigenvalue weighted by molar-refractivity contribution is 5.96. The first kappa shape index (κ1) is 19.1. The molecule has 138 valence electrons. The monoisotopic (exact) mass is 353 g/mol. The van der Waals surface area contributed by atoms with Crippen LogP contribution in [0, 0.1) is 12.8 Å². The molecule has 0 aromatic carbocycles. The minimum absolute atomic E-state index is 0.153. The van der Waals surface area contributed by atoms with Crippen molar-refractivity contribution in [2.24, 2.45) is 10.9 Å².